The van der Waals surface area contributed by atoms with Crippen LogP contribution in [0.15, 0.2) is 21.5 Å². The fourth-order valence-electron chi connectivity index (χ4n) is 1.16. The van der Waals surface area contributed by atoms with Crippen LogP contribution in [0.2, 0.25) is 0 Å². The van der Waals surface area contributed by atoms with E-state index >= 15 is 0 Å². The SMILES string of the molecule is CC(C)(SCc1cc(=O)c(O)co1)[C@@H](N)C(=O)O. The van der Waals surface area contributed by atoms with Crippen molar-refractivity contribution in [3.8, 4) is 5.75 Å². The van der Waals surface area contributed by atoms with Gasteiger partial charge in [-0.05, 0) is 13.8 Å². The maximum absolute atomic E-state index is 11.2. The molecule has 0 spiro atoms. The van der Waals surface area contributed by atoms with E-state index in [4.69, 9.17) is 20.4 Å². The summed E-state index contributed by atoms with van der Waals surface area (Å²) in [7, 11) is 0. The molecule has 0 saturated carbocycles. The Labute approximate surface area is 108 Å². The van der Waals surface area contributed by atoms with Gasteiger partial charge in [0.2, 0.25) is 5.43 Å². The predicted octanol–water partition coefficient (Wildman–Crippen LogP) is 0.769. The molecule has 4 N–H and O–H groups in total. The highest BCUT2D eigenvalue weighted by molar-refractivity contribution is 7.99. The Morgan fingerprint density at radius 2 is 2.22 bits per heavy atom. The van der Waals surface area contributed by atoms with E-state index in [-0.39, 0.29) is 0 Å². The van der Waals surface area contributed by atoms with E-state index in [1.54, 1.807) is 13.8 Å². The number of carbonyl (C=O) groups is 1. The second-order valence-corrected chi connectivity index (χ2v) is 5.93. The molecule has 1 heterocycles. The highest BCUT2D eigenvalue weighted by Crippen LogP contribution is 2.30. The maximum atomic E-state index is 11.2. The molecule has 0 saturated heterocycles. The summed E-state index contributed by atoms with van der Waals surface area (Å²) in [5, 5.41) is 17.9. The second-order valence-electron chi connectivity index (χ2n) is 4.30. The first-order chi connectivity index (χ1) is 8.24. The number of thioether (sulfide) groups is 1. The van der Waals surface area contributed by atoms with Crippen LogP contribution in [0.25, 0.3) is 0 Å². The third kappa shape index (κ3) is 3.51. The summed E-state index contributed by atoms with van der Waals surface area (Å²) in [6.45, 7) is 3.41. The van der Waals surface area contributed by atoms with Crippen molar-refractivity contribution in [2.45, 2.75) is 30.4 Å². The lowest BCUT2D eigenvalue weighted by Crippen LogP contribution is -2.46. The van der Waals surface area contributed by atoms with Crippen LogP contribution in [0, 0.1) is 0 Å². The fourth-order valence-corrected chi connectivity index (χ4v) is 2.11. The molecule has 1 rings (SSSR count). The van der Waals surface area contributed by atoms with Crippen molar-refractivity contribution in [1.29, 1.82) is 0 Å². The minimum absolute atomic E-state index is 0.295. The molecule has 0 aliphatic heterocycles. The summed E-state index contributed by atoms with van der Waals surface area (Å²) in [5.74, 6) is -0.887. The van der Waals surface area contributed by atoms with Crippen LogP contribution in [0.1, 0.15) is 19.6 Å². The van der Waals surface area contributed by atoms with Crippen LogP contribution >= 0.6 is 11.8 Å². The van der Waals surface area contributed by atoms with E-state index < -0.39 is 27.9 Å². The van der Waals surface area contributed by atoms with E-state index in [0.717, 1.165) is 6.26 Å². The molecule has 18 heavy (non-hydrogen) atoms. The number of carboxylic acids is 1. The lowest BCUT2D eigenvalue weighted by molar-refractivity contribution is -0.139. The summed E-state index contributed by atoms with van der Waals surface area (Å²) < 4.78 is 4.31. The summed E-state index contributed by atoms with van der Waals surface area (Å²) in [6.07, 6.45) is 0.961. The first-order valence-electron chi connectivity index (χ1n) is 5.17. The van der Waals surface area contributed by atoms with Crippen LogP contribution in [-0.2, 0) is 10.5 Å². The Kier molecular flexibility index (Phi) is 4.42. The molecule has 1 aromatic rings. The van der Waals surface area contributed by atoms with Gasteiger partial charge in [0.1, 0.15) is 18.1 Å². The Hall–Kier alpha value is -1.47. The molecule has 0 amide bonds. The van der Waals surface area contributed by atoms with Gasteiger partial charge in [-0.25, -0.2) is 0 Å². The van der Waals surface area contributed by atoms with Gasteiger partial charge in [0, 0.05) is 10.8 Å². The van der Waals surface area contributed by atoms with Gasteiger partial charge in [0.25, 0.3) is 0 Å². The molecule has 6 nitrogen and oxygen atoms in total. The van der Waals surface area contributed by atoms with Crippen molar-refractivity contribution in [2.75, 3.05) is 0 Å². The van der Waals surface area contributed by atoms with Gasteiger partial charge in [0.05, 0.1) is 5.75 Å². The van der Waals surface area contributed by atoms with E-state index in [2.05, 4.69) is 0 Å². The number of hydrogen-bond acceptors (Lipinski definition) is 6. The zero-order valence-corrected chi connectivity index (χ0v) is 10.9. The maximum Gasteiger partial charge on any atom is 0.321 e. The van der Waals surface area contributed by atoms with E-state index in [0.29, 0.717) is 11.5 Å². The second kappa shape index (κ2) is 5.45. The zero-order valence-electron chi connectivity index (χ0n) is 10.0. The topological polar surface area (TPSA) is 114 Å². The molecule has 7 heteroatoms. The van der Waals surface area contributed by atoms with Crippen molar-refractivity contribution >= 4 is 17.7 Å². The van der Waals surface area contributed by atoms with Crippen molar-refractivity contribution < 1.29 is 19.4 Å². The first kappa shape index (κ1) is 14.6. The Morgan fingerprint density at radius 1 is 1.61 bits per heavy atom. The average molecular weight is 273 g/mol. The van der Waals surface area contributed by atoms with Crippen molar-refractivity contribution in [3.05, 3.63) is 28.3 Å². The van der Waals surface area contributed by atoms with E-state index in [9.17, 15) is 9.59 Å². The standard InChI is InChI=1S/C11H15NO5S/c1-11(2,9(12)10(15)16)18-5-6-3-7(13)8(14)4-17-6/h3-4,9,14H,5,12H2,1-2H3,(H,15,16)/t9-/m0/s1. The number of nitrogens with two attached hydrogens (primary N) is 1. The number of aromatic hydroxyl groups is 1. The Morgan fingerprint density at radius 3 is 2.72 bits per heavy atom. The van der Waals surface area contributed by atoms with Crippen LogP contribution in [-0.4, -0.2) is 27.0 Å². The lowest BCUT2D eigenvalue weighted by atomic mass is 10.1. The summed E-state index contributed by atoms with van der Waals surface area (Å²) >= 11 is 1.26. The highest BCUT2D eigenvalue weighted by atomic mass is 32.2. The van der Waals surface area contributed by atoms with E-state index in [1.807, 2.05) is 0 Å². The predicted molar refractivity (Wildman–Crippen MR) is 67.6 cm³/mol. The average Bonchev–Trinajstić information content (AvgIpc) is 2.29. The van der Waals surface area contributed by atoms with Gasteiger partial charge in [0.15, 0.2) is 5.75 Å². The number of carboxylic acid groups (broad SMARTS) is 1. The molecule has 0 aliphatic carbocycles. The monoisotopic (exact) mass is 273 g/mol. The molecule has 0 bridgehead atoms. The minimum atomic E-state index is -1.08. The van der Waals surface area contributed by atoms with E-state index in [1.165, 1.54) is 17.8 Å². The van der Waals surface area contributed by atoms with Crippen molar-refractivity contribution in [3.63, 3.8) is 0 Å². The third-order valence-electron chi connectivity index (χ3n) is 2.47. The first-order valence-corrected chi connectivity index (χ1v) is 6.15. The van der Waals surface area contributed by atoms with Crippen LogP contribution < -0.4 is 11.2 Å². The number of hydrogen-bond donors (Lipinski definition) is 3. The van der Waals surface area contributed by atoms with Gasteiger partial charge in [-0.1, -0.05) is 0 Å². The molecule has 0 aliphatic rings. The molecule has 0 radical (unpaired) electrons. The molecule has 0 aromatic carbocycles. The number of rotatable bonds is 5. The van der Waals surface area contributed by atoms with Gasteiger partial charge >= 0.3 is 5.97 Å². The van der Waals surface area contributed by atoms with Crippen molar-refractivity contribution in [2.24, 2.45) is 5.73 Å². The molecule has 1 atom stereocenters. The highest BCUT2D eigenvalue weighted by Gasteiger charge is 2.32. The zero-order chi connectivity index (χ0) is 13.9. The minimum Gasteiger partial charge on any atom is -0.502 e. The fraction of sp³-hybridized carbons (Fsp3) is 0.455. The summed E-state index contributed by atoms with van der Waals surface area (Å²) in [4.78, 5) is 22.0. The quantitative estimate of drug-likeness (QED) is 0.726. The normalized spacial score (nSPS) is 13.3. The Balaban J connectivity index is 2.72. The lowest BCUT2D eigenvalue weighted by Gasteiger charge is -2.27. The van der Waals surface area contributed by atoms with Gasteiger partial charge < -0.3 is 20.4 Å². The molecule has 1 aromatic heterocycles. The molecule has 0 unspecified atom stereocenters. The molecular formula is C11H15NO5S. The van der Waals surface area contributed by atoms with Gasteiger partial charge in [-0.2, -0.15) is 0 Å². The summed E-state index contributed by atoms with van der Waals surface area (Å²) in [6, 6.07) is 0.149. The van der Waals surface area contributed by atoms with Gasteiger partial charge in [-0.15, -0.1) is 11.8 Å². The largest absolute Gasteiger partial charge is 0.502 e. The molecule has 100 valence electrons. The van der Waals surface area contributed by atoms with Crippen LogP contribution in [0.3, 0.4) is 0 Å². The van der Waals surface area contributed by atoms with Crippen LogP contribution in [0.5, 0.6) is 5.75 Å². The summed E-state index contributed by atoms with van der Waals surface area (Å²) in [5.41, 5.74) is 5.03. The van der Waals surface area contributed by atoms with Gasteiger partial charge in [-0.3, -0.25) is 9.59 Å². The molecular weight excluding hydrogens is 258 g/mol. The Bertz CT molecular complexity index is 496. The molecule has 0 fully saturated rings. The van der Waals surface area contributed by atoms with Crippen molar-refractivity contribution in [1.82, 2.24) is 0 Å². The smallest absolute Gasteiger partial charge is 0.321 e. The number of aliphatic carboxylic acids is 1. The van der Waals surface area contributed by atoms with Crippen LogP contribution in [0.4, 0.5) is 0 Å². The third-order valence-corrected chi connectivity index (χ3v) is 3.89.